The topological polar surface area (TPSA) is 86.8 Å². The molecule has 8 heteroatoms. The normalized spacial score (nSPS) is 24.7. The van der Waals surface area contributed by atoms with Crippen LogP contribution >= 0.6 is 0 Å². The van der Waals surface area contributed by atoms with Gasteiger partial charge in [-0.25, -0.2) is 8.42 Å². The number of rotatable bonds is 4. The van der Waals surface area contributed by atoms with E-state index in [0.717, 1.165) is 32.2 Å². The second kappa shape index (κ2) is 7.14. The van der Waals surface area contributed by atoms with Gasteiger partial charge < -0.3 is 10.2 Å². The van der Waals surface area contributed by atoms with Crippen LogP contribution in [0.2, 0.25) is 0 Å². The van der Waals surface area contributed by atoms with E-state index in [9.17, 15) is 18.0 Å². The molecule has 3 fully saturated rings. The highest BCUT2D eigenvalue weighted by Gasteiger charge is 2.36. The molecule has 0 aromatic heterocycles. The monoisotopic (exact) mass is 391 g/mol. The fraction of sp³-hybridized carbons (Fsp3) is 0.579. The van der Waals surface area contributed by atoms with Gasteiger partial charge in [0.15, 0.2) is 0 Å². The first kappa shape index (κ1) is 18.3. The molecule has 2 heterocycles. The van der Waals surface area contributed by atoms with Crippen LogP contribution < -0.4 is 9.62 Å². The van der Waals surface area contributed by atoms with Gasteiger partial charge in [-0.05, 0) is 56.4 Å². The largest absolute Gasteiger partial charge is 0.342 e. The third-order valence-corrected chi connectivity index (χ3v) is 7.42. The summed E-state index contributed by atoms with van der Waals surface area (Å²) in [5.41, 5.74) is 1.27. The first-order valence-corrected chi connectivity index (χ1v) is 11.2. The van der Waals surface area contributed by atoms with Gasteiger partial charge >= 0.3 is 0 Å². The molecule has 1 saturated carbocycles. The average Bonchev–Trinajstić information content (AvgIpc) is 3.45. The number of nitrogens with zero attached hydrogens (tertiary/aromatic N) is 2. The maximum absolute atomic E-state index is 12.6. The molecule has 1 N–H and O–H groups in total. The number of carbonyl (C=O) groups is 2. The highest BCUT2D eigenvalue weighted by molar-refractivity contribution is 7.93. The Balaban J connectivity index is 1.37. The molecule has 1 aromatic rings. The van der Waals surface area contributed by atoms with Crippen LogP contribution in [-0.4, -0.2) is 50.5 Å². The zero-order chi connectivity index (χ0) is 19.0. The van der Waals surface area contributed by atoms with Gasteiger partial charge in [-0.3, -0.25) is 13.9 Å². The molecule has 2 amide bonds. The van der Waals surface area contributed by atoms with Crippen molar-refractivity contribution >= 4 is 33.2 Å². The predicted molar refractivity (Wildman–Crippen MR) is 103 cm³/mol. The van der Waals surface area contributed by atoms with Crippen LogP contribution in [-0.2, 0) is 19.6 Å². The molecule has 27 heavy (non-hydrogen) atoms. The summed E-state index contributed by atoms with van der Waals surface area (Å²) in [4.78, 5) is 26.7. The number of sulfonamides is 1. The Morgan fingerprint density at radius 3 is 2.33 bits per heavy atom. The van der Waals surface area contributed by atoms with Gasteiger partial charge in [-0.15, -0.1) is 0 Å². The van der Waals surface area contributed by atoms with Crippen LogP contribution in [0.1, 0.15) is 32.1 Å². The summed E-state index contributed by atoms with van der Waals surface area (Å²) < 4.78 is 25.4. The third-order valence-electron chi connectivity index (χ3n) is 5.55. The van der Waals surface area contributed by atoms with E-state index in [1.165, 1.54) is 4.31 Å². The lowest BCUT2D eigenvalue weighted by molar-refractivity contribution is -0.135. The summed E-state index contributed by atoms with van der Waals surface area (Å²) in [6.07, 6.45) is 4.22. The van der Waals surface area contributed by atoms with Gasteiger partial charge in [-0.2, -0.15) is 0 Å². The summed E-state index contributed by atoms with van der Waals surface area (Å²) in [7, 11) is -3.20. The maximum atomic E-state index is 12.6. The lowest BCUT2D eigenvalue weighted by atomic mass is 9.96. The number of anilines is 2. The van der Waals surface area contributed by atoms with Crippen molar-refractivity contribution < 1.29 is 18.0 Å². The number of hydrogen-bond acceptors (Lipinski definition) is 4. The summed E-state index contributed by atoms with van der Waals surface area (Å²) in [5, 5.41) is 2.91. The van der Waals surface area contributed by atoms with Gasteiger partial charge in [0, 0.05) is 31.2 Å². The number of hydrogen-bond donors (Lipinski definition) is 1. The van der Waals surface area contributed by atoms with Gasteiger partial charge in [0.05, 0.1) is 17.4 Å². The minimum absolute atomic E-state index is 0.0789. The molecule has 0 radical (unpaired) electrons. The van der Waals surface area contributed by atoms with Gasteiger partial charge in [0.2, 0.25) is 21.8 Å². The highest BCUT2D eigenvalue weighted by atomic mass is 32.2. The molecule has 3 aliphatic rings. The zero-order valence-electron chi connectivity index (χ0n) is 15.3. The van der Waals surface area contributed by atoms with Gasteiger partial charge in [0.1, 0.15) is 0 Å². The fourth-order valence-electron chi connectivity index (χ4n) is 3.86. The number of likely N-dealkylation sites (tertiary alicyclic amines) is 1. The minimum atomic E-state index is -3.20. The van der Waals surface area contributed by atoms with Crippen molar-refractivity contribution in [2.45, 2.75) is 32.1 Å². The second-order valence-electron chi connectivity index (χ2n) is 7.68. The number of carbonyl (C=O) groups excluding carboxylic acids is 2. The van der Waals surface area contributed by atoms with Crippen LogP contribution in [0, 0.1) is 11.8 Å². The molecule has 1 unspecified atom stereocenters. The Kier molecular flexibility index (Phi) is 4.84. The molecule has 0 spiro atoms. The Labute approximate surface area is 159 Å². The van der Waals surface area contributed by atoms with E-state index in [1.807, 2.05) is 4.90 Å². The molecular formula is C19H25N3O4S. The van der Waals surface area contributed by atoms with Crippen molar-refractivity contribution in [1.29, 1.82) is 0 Å². The Morgan fingerprint density at radius 1 is 0.963 bits per heavy atom. The smallest absolute Gasteiger partial charge is 0.235 e. The van der Waals surface area contributed by atoms with Crippen molar-refractivity contribution in [1.82, 2.24) is 4.90 Å². The molecule has 1 aromatic carbocycles. The summed E-state index contributed by atoms with van der Waals surface area (Å²) in [6, 6.07) is 6.92. The molecular weight excluding hydrogens is 366 g/mol. The van der Waals surface area contributed by atoms with E-state index in [2.05, 4.69) is 5.32 Å². The average molecular weight is 391 g/mol. The molecule has 1 atom stereocenters. The number of benzene rings is 1. The molecule has 4 rings (SSSR count). The fourth-order valence-corrected chi connectivity index (χ4v) is 5.43. The minimum Gasteiger partial charge on any atom is -0.342 e. The number of piperidine rings is 1. The standard InChI is InChI=1S/C19H25N3O4S/c23-18(15-3-1-10-21(13-15)19(24)14-4-5-14)20-16-6-8-17(9-7-16)22-11-2-12-27(22,25)26/h6-9,14-15H,1-5,10-13H2,(H,20,23). The lowest BCUT2D eigenvalue weighted by Crippen LogP contribution is -2.44. The second-order valence-corrected chi connectivity index (χ2v) is 9.69. The van der Waals surface area contributed by atoms with E-state index in [-0.39, 0.29) is 29.4 Å². The van der Waals surface area contributed by atoms with E-state index in [1.54, 1.807) is 24.3 Å². The first-order chi connectivity index (χ1) is 12.9. The summed E-state index contributed by atoms with van der Waals surface area (Å²) in [5.74, 6) is 0.290. The Bertz CT molecular complexity index is 833. The van der Waals surface area contributed by atoms with E-state index in [0.29, 0.717) is 30.9 Å². The van der Waals surface area contributed by atoms with Crippen molar-refractivity contribution in [2.75, 3.05) is 35.0 Å². The van der Waals surface area contributed by atoms with Crippen LogP contribution in [0.4, 0.5) is 11.4 Å². The maximum Gasteiger partial charge on any atom is 0.235 e. The van der Waals surface area contributed by atoms with Crippen LogP contribution in [0.5, 0.6) is 0 Å². The highest BCUT2D eigenvalue weighted by Crippen LogP contribution is 2.33. The third kappa shape index (κ3) is 3.95. The van der Waals surface area contributed by atoms with Crippen molar-refractivity contribution in [2.24, 2.45) is 11.8 Å². The Morgan fingerprint density at radius 2 is 1.70 bits per heavy atom. The summed E-state index contributed by atoms with van der Waals surface area (Å²) in [6.45, 7) is 1.74. The first-order valence-electron chi connectivity index (χ1n) is 9.64. The molecule has 146 valence electrons. The number of nitrogens with one attached hydrogen (secondary N) is 1. The van der Waals surface area contributed by atoms with Crippen LogP contribution in [0.3, 0.4) is 0 Å². The molecule has 7 nitrogen and oxygen atoms in total. The lowest BCUT2D eigenvalue weighted by Gasteiger charge is -2.32. The molecule has 0 bridgehead atoms. The summed E-state index contributed by atoms with van der Waals surface area (Å²) >= 11 is 0. The zero-order valence-corrected chi connectivity index (χ0v) is 16.1. The van der Waals surface area contributed by atoms with Crippen molar-refractivity contribution in [3.8, 4) is 0 Å². The quantitative estimate of drug-likeness (QED) is 0.848. The number of amides is 2. The van der Waals surface area contributed by atoms with Crippen molar-refractivity contribution in [3.05, 3.63) is 24.3 Å². The van der Waals surface area contributed by atoms with Crippen LogP contribution in [0.15, 0.2) is 24.3 Å². The van der Waals surface area contributed by atoms with E-state index < -0.39 is 10.0 Å². The molecule has 2 saturated heterocycles. The SMILES string of the molecule is O=C(Nc1ccc(N2CCCS2(=O)=O)cc1)C1CCCN(C(=O)C2CC2)C1. The van der Waals surface area contributed by atoms with Gasteiger partial charge in [0.25, 0.3) is 0 Å². The van der Waals surface area contributed by atoms with E-state index in [4.69, 9.17) is 0 Å². The van der Waals surface area contributed by atoms with Crippen LogP contribution in [0.25, 0.3) is 0 Å². The Hall–Kier alpha value is -2.09. The predicted octanol–water partition coefficient (Wildman–Crippen LogP) is 1.81. The van der Waals surface area contributed by atoms with E-state index >= 15 is 0 Å². The van der Waals surface area contributed by atoms with Gasteiger partial charge in [-0.1, -0.05) is 0 Å². The molecule has 2 aliphatic heterocycles. The molecule has 1 aliphatic carbocycles. The van der Waals surface area contributed by atoms with Crippen molar-refractivity contribution in [3.63, 3.8) is 0 Å².